The fourth-order valence-corrected chi connectivity index (χ4v) is 2.91. The summed E-state index contributed by atoms with van der Waals surface area (Å²) in [7, 11) is 0. The van der Waals surface area contributed by atoms with Crippen LogP contribution in [0.2, 0.25) is 5.02 Å². The van der Waals surface area contributed by atoms with Gasteiger partial charge in [-0.25, -0.2) is 0 Å². The highest BCUT2D eigenvalue weighted by molar-refractivity contribution is 6.31. The topological polar surface area (TPSA) is 75.7 Å². The number of carbonyl (C=O) groups excluding carboxylic acids is 3. The fourth-order valence-electron chi connectivity index (χ4n) is 2.74. The van der Waals surface area contributed by atoms with Crippen LogP contribution in [-0.4, -0.2) is 41.9 Å². The molecule has 2 amide bonds. The van der Waals surface area contributed by atoms with E-state index in [1.165, 1.54) is 13.8 Å². The van der Waals surface area contributed by atoms with Crippen LogP contribution in [0.1, 0.15) is 32.3 Å². The SMILES string of the molecule is CC(=O)N1CCC[C@@H](C(=O)O[C@@H](C)C(=O)Nc2cc(Cl)ccc2C)C1. The molecular weight excluding hydrogens is 344 g/mol. The maximum absolute atomic E-state index is 12.3. The molecule has 0 bridgehead atoms. The zero-order chi connectivity index (χ0) is 18.6. The van der Waals surface area contributed by atoms with Crippen molar-refractivity contribution < 1.29 is 19.1 Å². The zero-order valence-electron chi connectivity index (χ0n) is 14.7. The van der Waals surface area contributed by atoms with Crippen molar-refractivity contribution in [1.29, 1.82) is 0 Å². The van der Waals surface area contributed by atoms with Crippen LogP contribution in [-0.2, 0) is 19.1 Å². The van der Waals surface area contributed by atoms with E-state index in [-0.39, 0.29) is 11.8 Å². The normalized spacial score (nSPS) is 18.4. The lowest BCUT2D eigenvalue weighted by atomic mass is 9.98. The molecule has 1 aromatic carbocycles. The van der Waals surface area contributed by atoms with E-state index in [4.69, 9.17) is 16.3 Å². The molecule has 0 aromatic heterocycles. The Labute approximate surface area is 152 Å². The Bertz CT molecular complexity index is 677. The quantitative estimate of drug-likeness (QED) is 0.831. The highest BCUT2D eigenvalue weighted by atomic mass is 35.5. The second-order valence-corrected chi connectivity index (χ2v) is 6.77. The maximum Gasteiger partial charge on any atom is 0.311 e. The molecule has 0 unspecified atom stereocenters. The molecule has 2 atom stereocenters. The van der Waals surface area contributed by atoms with Crippen LogP contribution in [0.4, 0.5) is 5.69 Å². The van der Waals surface area contributed by atoms with Crippen molar-refractivity contribution in [1.82, 2.24) is 4.90 Å². The Kier molecular flexibility index (Phi) is 6.42. The van der Waals surface area contributed by atoms with Crippen LogP contribution >= 0.6 is 11.6 Å². The third kappa shape index (κ3) is 5.19. The van der Waals surface area contributed by atoms with Crippen LogP contribution in [0.15, 0.2) is 18.2 Å². The molecule has 1 aliphatic rings. The van der Waals surface area contributed by atoms with E-state index >= 15 is 0 Å². The standard InChI is InChI=1S/C18H23ClN2O4/c1-11-6-7-15(19)9-16(11)20-17(23)12(2)25-18(24)14-5-4-8-21(10-14)13(3)22/h6-7,9,12,14H,4-5,8,10H2,1-3H3,(H,20,23)/t12-,14+/m0/s1. The smallest absolute Gasteiger partial charge is 0.311 e. The number of ether oxygens (including phenoxy) is 1. The molecule has 1 saturated heterocycles. The number of benzene rings is 1. The van der Waals surface area contributed by atoms with Crippen molar-refractivity contribution >= 4 is 35.1 Å². The Morgan fingerprint density at radius 2 is 2.08 bits per heavy atom. The minimum absolute atomic E-state index is 0.0558. The van der Waals surface area contributed by atoms with E-state index in [1.807, 2.05) is 6.92 Å². The van der Waals surface area contributed by atoms with E-state index in [0.29, 0.717) is 30.2 Å². The number of rotatable bonds is 4. The lowest BCUT2D eigenvalue weighted by Gasteiger charge is -2.31. The van der Waals surface area contributed by atoms with Gasteiger partial charge in [-0.3, -0.25) is 14.4 Å². The summed E-state index contributed by atoms with van der Waals surface area (Å²) in [4.78, 5) is 37.7. The number of hydrogen-bond donors (Lipinski definition) is 1. The summed E-state index contributed by atoms with van der Waals surface area (Å²) in [5.41, 5.74) is 1.45. The highest BCUT2D eigenvalue weighted by Gasteiger charge is 2.30. The molecule has 1 N–H and O–H groups in total. The van der Waals surface area contributed by atoms with E-state index in [1.54, 1.807) is 23.1 Å². The fraction of sp³-hybridized carbons (Fsp3) is 0.500. The molecule has 136 valence electrons. The number of hydrogen-bond acceptors (Lipinski definition) is 4. The first kappa shape index (κ1) is 19.2. The highest BCUT2D eigenvalue weighted by Crippen LogP contribution is 2.21. The van der Waals surface area contributed by atoms with Crippen LogP contribution in [0, 0.1) is 12.8 Å². The van der Waals surface area contributed by atoms with Gasteiger partial charge in [0.25, 0.3) is 5.91 Å². The number of esters is 1. The molecular formula is C18H23ClN2O4. The van der Waals surface area contributed by atoms with E-state index in [2.05, 4.69) is 5.32 Å². The van der Waals surface area contributed by atoms with Crippen molar-refractivity contribution in [3.8, 4) is 0 Å². The summed E-state index contributed by atoms with van der Waals surface area (Å²) in [6.07, 6.45) is 0.477. The summed E-state index contributed by atoms with van der Waals surface area (Å²) in [6, 6.07) is 5.18. The molecule has 1 fully saturated rings. The molecule has 2 rings (SSSR count). The molecule has 7 heteroatoms. The summed E-state index contributed by atoms with van der Waals surface area (Å²) < 4.78 is 5.30. The van der Waals surface area contributed by atoms with Crippen LogP contribution in [0.5, 0.6) is 0 Å². The van der Waals surface area contributed by atoms with Gasteiger partial charge < -0.3 is 15.0 Å². The predicted octanol–water partition coefficient (Wildman–Crippen LogP) is 2.78. The van der Waals surface area contributed by atoms with E-state index in [0.717, 1.165) is 12.0 Å². The number of halogens is 1. The first-order valence-corrected chi connectivity index (χ1v) is 8.68. The lowest BCUT2D eigenvalue weighted by molar-refractivity contribution is -0.159. The number of piperidine rings is 1. The molecule has 0 aliphatic carbocycles. The Morgan fingerprint density at radius 1 is 1.36 bits per heavy atom. The second kappa shape index (κ2) is 8.34. The minimum atomic E-state index is -0.932. The Morgan fingerprint density at radius 3 is 2.76 bits per heavy atom. The van der Waals surface area contributed by atoms with Crippen molar-refractivity contribution in [2.45, 2.75) is 39.7 Å². The summed E-state index contributed by atoms with van der Waals surface area (Å²) in [5.74, 6) is -1.31. The van der Waals surface area contributed by atoms with Gasteiger partial charge in [0.2, 0.25) is 5.91 Å². The Balaban J connectivity index is 1.93. The van der Waals surface area contributed by atoms with Gasteiger partial charge in [-0.1, -0.05) is 17.7 Å². The first-order chi connectivity index (χ1) is 11.8. The molecule has 25 heavy (non-hydrogen) atoms. The first-order valence-electron chi connectivity index (χ1n) is 8.31. The van der Waals surface area contributed by atoms with Crippen LogP contribution in [0.3, 0.4) is 0 Å². The number of anilines is 1. The van der Waals surface area contributed by atoms with Gasteiger partial charge in [-0.2, -0.15) is 0 Å². The minimum Gasteiger partial charge on any atom is -0.452 e. The van der Waals surface area contributed by atoms with Crippen molar-refractivity contribution in [3.05, 3.63) is 28.8 Å². The van der Waals surface area contributed by atoms with Gasteiger partial charge in [-0.15, -0.1) is 0 Å². The average Bonchev–Trinajstić information content (AvgIpc) is 2.58. The maximum atomic E-state index is 12.3. The number of amides is 2. The summed E-state index contributed by atoms with van der Waals surface area (Å²) in [6.45, 7) is 5.86. The third-order valence-electron chi connectivity index (χ3n) is 4.32. The van der Waals surface area contributed by atoms with Gasteiger partial charge in [0, 0.05) is 30.7 Å². The van der Waals surface area contributed by atoms with Crippen LogP contribution < -0.4 is 5.32 Å². The molecule has 0 radical (unpaired) electrons. The van der Waals surface area contributed by atoms with E-state index < -0.39 is 18.0 Å². The van der Waals surface area contributed by atoms with Gasteiger partial charge in [0.15, 0.2) is 6.10 Å². The molecule has 0 saturated carbocycles. The van der Waals surface area contributed by atoms with E-state index in [9.17, 15) is 14.4 Å². The third-order valence-corrected chi connectivity index (χ3v) is 4.55. The van der Waals surface area contributed by atoms with Crippen molar-refractivity contribution in [2.75, 3.05) is 18.4 Å². The number of aryl methyl sites for hydroxylation is 1. The van der Waals surface area contributed by atoms with Gasteiger partial charge in [0.05, 0.1) is 5.92 Å². The second-order valence-electron chi connectivity index (χ2n) is 6.33. The summed E-state index contributed by atoms with van der Waals surface area (Å²) >= 11 is 5.94. The average molecular weight is 367 g/mol. The monoisotopic (exact) mass is 366 g/mol. The zero-order valence-corrected chi connectivity index (χ0v) is 15.4. The summed E-state index contributed by atoms with van der Waals surface area (Å²) in [5, 5.41) is 3.23. The van der Waals surface area contributed by atoms with Crippen molar-refractivity contribution in [3.63, 3.8) is 0 Å². The molecule has 1 heterocycles. The number of carbonyl (C=O) groups is 3. The van der Waals surface area contributed by atoms with Gasteiger partial charge in [-0.05, 0) is 44.4 Å². The van der Waals surface area contributed by atoms with Gasteiger partial charge >= 0.3 is 5.97 Å². The van der Waals surface area contributed by atoms with Crippen LogP contribution in [0.25, 0.3) is 0 Å². The number of nitrogens with zero attached hydrogens (tertiary/aromatic N) is 1. The van der Waals surface area contributed by atoms with Crippen molar-refractivity contribution in [2.24, 2.45) is 5.92 Å². The predicted molar refractivity (Wildman–Crippen MR) is 95.4 cm³/mol. The largest absolute Gasteiger partial charge is 0.452 e. The van der Waals surface area contributed by atoms with Gasteiger partial charge in [0.1, 0.15) is 0 Å². The Hall–Kier alpha value is -2.08. The molecule has 0 spiro atoms. The number of likely N-dealkylation sites (tertiary alicyclic amines) is 1. The number of nitrogens with one attached hydrogen (secondary N) is 1. The lowest BCUT2D eigenvalue weighted by Crippen LogP contribution is -2.43. The molecule has 6 nitrogen and oxygen atoms in total. The molecule has 1 aliphatic heterocycles. The molecule has 1 aromatic rings.